The molecule has 0 aliphatic rings. The molecular weight excluding hydrogens is 45.0 g/mol. The number of hydrogen-bond donors (Lipinski definition) is 0. The van der Waals surface area contributed by atoms with Crippen molar-refractivity contribution in [3.63, 3.8) is 0 Å². The molecule has 0 aromatic heterocycles. The Morgan fingerprint density at radius 1 is 1.25 bits per heavy atom. The summed E-state index contributed by atoms with van der Waals surface area (Å²) in [5.74, 6) is 0. The second kappa shape index (κ2) is 9.59. The normalized spacial score (nSPS) is 4.50. The van der Waals surface area contributed by atoms with Crippen LogP contribution in [-0.4, -0.2) is 14.1 Å². The van der Waals surface area contributed by atoms with E-state index in [9.17, 15) is 0 Å². The van der Waals surface area contributed by atoms with E-state index in [4.69, 9.17) is 0 Å². The summed E-state index contributed by atoms with van der Waals surface area (Å²) >= 11 is 0. The third-order valence-electron chi connectivity index (χ3n) is 0. The van der Waals surface area contributed by atoms with Gasteiger partial charge in [-0.15, -0.1) is 0 Å². The Morgan fingerprint density at radius 3 is 1.25 bits per heavy atom. The fourth-order valence-corrected chi connectivity index (χ4v) is 0. The second-order valence-corrected chi connectivity index (χ2v) is 0.447. The van der Waals surface area contributed by atoms with E-state index in [1.807, 2.05) is 0 Å². The topological polar surface area (TPSA) is 14.1 Å². The van der Waals surface area contributed by atoms with Crippen LogP contribution in [0.4, 0.5) is 0 Å². The van der Waals surface area contributed by atoms with E-state index in [2.05, 4.69) is 5.32 Å². The van der Waals surface area contributed by atoms with Crippen LogP contribution in [0.25, 0.3) is 5.32 Å². The van der Waals surface area contributed by atoms with Gasteiger partial charge < -0.3 is 5.32 Å². The molecule has 4 heavy (non-hydrogen) atoms. The van der Waals surface area contributed by atoms with Gasteiger partial charge in [0.2, 0.25) is 0 Å². The van der Waals surface area contributed by atoms with Crippen molar-refractivity contribution in [1.29, 1.82) is 0 Å². The number of rotatable bonds is 0. The van der Waals surface area contributed by atoms with Gasteiger partial charge in [0, 0.05) is 0 Å². The Balaban J connectivity index is 0. The first-order chi connectivity index (χ1) is 1.41. The van der Waals surface area contributed by atoms with Crippen molar-refractivity contribution in [2.45, 2.75) is 0 Å². The molecule has 0 saturated heterocycles. The third-order valence-corrected chi connectivity index (χ3v) is 0. The van der Waals surface area contributed by atoms with Crippen molar-refractivity contribution >= 4 is 0 Å². The maximum atomic E-state index is 3.50. The predicted octanol–water partition coefficient (Wildman–Crippen LogP) is -2.38. The molecule has 0 bridgehead atoms. The zero-order valence-corrected chi connectivity index (χ0v) is 3.45. The van der Waals surface area contributed by atoms with Gasteiger partial charge in [-0.1, -0.05) is 0 Å². The summed E-state index contributed by atoms with van der Waals surface area (Å²) in [6.45, 7) is 0. The fourth-order valence-electron chi connectivity index (χ4n) is 0. The Bertz CT molecular complexity index is 6.00. The van der Waals surface area contributed by atoms with E-state index >= 15 is 0 Å². The van der Waals surface area contributed by atoms with Gasteiger partial charge in [-0.05, 0) is 0 Å². The number of nitrogens with zero attached hydrogens (tertiary/aromatic N) is 1. The summed E-state index contributed by atoms with van der Waals surface area (Å²) in [7, 11) is 3.50. The minimum Gasteiger partial charge on any atom is -0.668 e. The van der Waals surface area contributed by atoms with Crippen LogP contribution in [-0.2, 0) is 0 Å². The Labute approximate surface area is 39.0 Å². The SMILES string of the molecule is C[N-]C.[Li+]. The molecule has 0 rings (SSSR count). The average Bonchev–Trinajstić information content (AvgIpc) is 0.918. The monoisotopic (exact) mass is 51.1 g/mol. The molecule has 0 atom stereocenters. The molecule has 0 heterocycles. The fraction of sp³-hybridized carbons (Fsp3) is 1.00. The molecule has 0 N–H and O–H groups in total. The van der Waals surface area contributed by atoms with Crippen LogP contribution in [0.15, 0.2) is 0 Å². The van der Waals surface area contributed by atoms with Crippen molar-refractivity contribution in [2.24, 2.45) is 0 Å². The molecule has 2 heteroatoms. The Kier molecular flexibility index (Phi) is 21.1. The average molecular weight is 51.0 g/mol. The maximum Gasteiger partial charge on any atom is 1.00 e. The van der Waals surface area contributed by atoms with Gasteiger partial charge >= 0.3 is 18.9 Å². The molecular formula is C2H6LiN. The van der Waals surface area contributed by atoms with Gasteiger partial charge in [0.15, 0.2) is 0 Å². The standard InChI is InChI=1S/C2H6N.Li/c1-3-2;/h1-2H3;/q-1;+1. The summed E-state index contributed by atoms with van der Waals surface area (Å²) in [5, 5.41) is 3.50. The predicted molar refractivity (Wildman–Crippen MR) is 15.2 cm³/mol. The molecule has 20 valence electrons. The second-order valence-electron chi connectivity index (χ2n) is 0.447. The van der Waals surface area contributed by atoms with Crippen LogP contribution in [0.3, 0.4) is 0 Å². The first-order valence-corrected chi connectivity index (χ1v) is 0.894. The minimum atomic E-state index is 0. The van der Waals surface area contributed by atoms with Crippen molar-refractivity contribution in [2.75, 3.05) is 14.1 Å². The van der Waals surface area contributed by atoms with E-state index in [-0.39, 0.29) is 18.9 Å². The van der Waals surface area contributed by atoms with Gasteiger partial charge in [-0.25, -0.2) is 0 Å². The van der Waals surface area contributed by atoms with Crippen LogP contribution in [0.1, 0.15) is 0 Å². The summed E-state index contributed by atoms with van der Waals surface area (Å²) in [5.41, 5.74) is 0. The zero-order valence-electron chi connectivity index (χ0n) is 3.45. The van der Waals surface area contributed by atoms with Crippen molar-refractivity contribution < 1.29 is 18.9 Å². The zero-order chi connectivity index (χ0) is 2.71. The van der Waals surface area contributed by atoms with Gasteiger partial charge in [-0.3, -0.25) is 0 Å². The summed E-state index contributed by atoms with van der Waals surface area (Å²) < 4.78 is 0. The van der Waals surface area contributed by atoms with E-state index in [0.717, 1.165) is 0 Å². The molecule has 0 radical (unpaired) electrons. The van der Waals surface area contributed by atoms with E-state index in [1.165, 1.54) is 0 Å². The van der Waals surface area contributed by atoms with Crippen LogP contribution in [0, 0.1) is 0 Å². The third kappa shape index (κ3) is 20.0. The van der Waals surface area contributed by atoms with Gasteiger partial charge in [-0.2, -0.15) is 14.1 Å². The molecule has 0 spiro atoms. The van der Waals surface area contributed by atoms with Crippen molar-refractivity contribution in [3.8, 4) is 0 Å². The molecule has 0 aliphatic carbocycles. The molecule has 1 nitrogen and oxygen atoms in total. The van der Waals surface area contributed by atoms with Crippen LogP contribution in [0.5, 0.6) is 0 Å². The largest absolute Gasteiger partial charge is 1.00 e. The van der Waals surface area contributed by atoms with E-state index in [1.54, 1.807) is 14.1 Å². The first kappa shape index (κ1) is 8.82. The van der Waals surface area contributed by atoms with Gasteiger partial charge in [0.1, 0.15) is 0 Å². The molecule has 0 aromatic rings. The summed E-state index contributed by atoms with van der Waals surface area (Å²) in [6.07, 6.45) is 0. The molecule has 0 saturated carbocycles. The van der Waals surface area contributed by atoms with Crippen molar-refractivity contribution in [1.82, 2.24) is 0 Å². The molecule has 0 amide bonds. The summed E-state index contributed by atoms with van der Waals surface area (Å²) in [4.78, 5) is 0. The molecule has 0 fully saturated rings. The summed E-state index contributed by atoms with van der Waals surface area (Å²) in [6, 6.07) is 0. The van der Waals surface area contributed by atoms with Crippen LogP contribution < -0.4 is 18.9 Å². The maximum absolute atomic E-state index is 3.50. The van der Waals surface area contributed by atoms with Crippen LogP contribution >= 0.6 is 0 Å². The van der Waals surface area contributed by atoms with Crippen LogP contribution in [0.2, 0.25) is 0 Å². The smallest absolute Gasteiger partial charge is 0.668 e. The first-order valence-electron chi connectivity index (χ1n) is 0.894. The molecule has 0 unspecified atom stereocenters. The minimum absolute atomic E-state index is 0. The van der Waals surface area contributed by atoms with E-state index < -0.39 is 0 Å². The van der Waals surface area contributed by atoms with Gasteiger partial charge in [0.05, 0.1) is 0 Å². The Hall–Kier alpha value is 0.557. The Morgan fingerprint density at radius 2 is 1.25 bits per heavy atom. The van der Waals surface area contributed by atoms with E-state index in [0.29, 0.717) is 0 Å². The number of hydrogen-bond acceptors (Lipinski definition) is 0. The van der Waals surface area contributed by atoms with Gasteiger partial charge in [0.25, 0.3) is 0 Å². The molecule has 0 aromatic carbocycles. The van der Waals surface area contributed by atoms with Crippen molar-refractivity contribution in [3.05, 3.63) is 5.32 Å². The molecule has 0 aliphatic heterocycles. The quantitative estimate of drug-likeness (QED) is 0.273.